The minimum atomic E-state index is -1.10. The second-order valence-corrected chi connectivity index (χ2v) is 8.48. The molecule has 3 aromatic rings. The second-order valence-electron chi connectivity index (χ2n) is 7.49. The molecule has 4 rings (SSSR count). The number of fused-ring (bicyclic) bond motifs is 2. The van der Waals surface area contributed by atoms with Crippen molar-refractivity contribution in [2.75, 3.05) is 25.3 Å². The number of aromatic nitrogens is 1. The number of anilines is 1. The standard InChI is InChI=1S/C24H24N2O5S/c1-30-20-10-8-15(12-21(20)31-2)25-24(29)14-7-9-17-19(11-14)26-18-6-4-3-5-16(18)23(17)32-13-22(27)28/h7-12H,3-6,13H2,1-2H3,(H,25,29)(H,27,28)/p-1. The monoisotopic (exact) mass is 451 g/mol. The minimum absolute atomic E-state index is 0.118. The highest BCUT2D eigenvalue weighted by atomic mass is 32.2. The van der Waals surface area contributed by atoms with Crippen LogP contribution in [0.5, 0.6) is 11.5 Å². The van der Waals surface area contributed by atoms with Gasteiger partial charge < -0.3 is 24.7 Å². The Kier molecular flexibility index (Phi) is 6.50. The van der Waals surface area contributed by atoms with Gasteiger partial charge in [0, 0.05) is 39.0 Å². The lowest BCUT2D eigenvalue weighted by Gasteiger charge is -2.21. The van der Waals surface area contributed by atoms with Crippen molar-refractivity contribution in [3.8, 4) is 11.5 Å². The fourth-order valence-electron chi connectivity index (χ4n) is 3.94. The van der Waals surface area contributed by atoms with Crippen molar-refractivity contribution >= 4 is 40.2 Å². The van der Waals surface area contributed by atoms with Gasteiger partial charge in [-0.1, -0.05) is 6.07 Å². The maximum atomic E-state index is 12.9. The number of carboxylic acid groups (broad SMARTS) is 1. The van der Waals surface area contributed by atoms with Crippen molar-refractivity contribution < 1.29 is 24.2 Å². The number of nitrogens with one attached hydrogen (secondary N) is 1. The molecule has 0 spiro atoms. The van der Waals surface area contributed by atoms with Gasteiger partial charge in [-0.05, 0) is 55.5 Å². The molecular formula is C24H23N2O5S-. The minimum Gasteiger partial charge on any atom is -0.549 e. The summed E-state index contributed by atoms with van der Waals surface area (Å²) in [5.41, 5.74) is 3.84. The van der Waals surface area contributed by atoms with Crippen molar-refractivity contribution in [1.29, 1.82) is 0 Å². The van der Waals surface area contributed by atoms with Gasteiger partial charge in [-0.25, -0.2) is 0 Å². The molecule has 32 heavy (non-hydrogen) atoms. The number of carbonyl (C=O) groups excluding carboxylic acids is 2. The summed E-state index contributed by atoms with van der Waals surface area (Å²) >= 11 is 1.27. The molecule has 1 aromatic heterocycles. The van der Waals surface area contributed by atoms with Crippen LogP contribution in [0.3, 0.4) is 0 Å². The van der Waals surface area contributed by atoms with Crippen molar-refractivity contribution in [2.45, 2.75) is 30.6 Å². The van der Waals surface area contributed by atoms with Crippen molar-refractivity contribution in [3.05, 3.63) is 53.2 Å². The van der Waals surface area contributed by atoms with Crippen LogP contribution in [-0.4, -0.2) is 36.8 Å². The zero-order valence-electron chi connectivity index (χ0n) is 17.9. The van der Waals surface area contributed by atoms with E-state index in [0.29, 0.717) is 28.3 Å². The van der Waals surface area contributed by atoms with Gasteiger partial charge in [0.25, 0.3) is 5.91 Å². The molecular weight excluding hydrogens is 428 g/mol. The molecule has 1 aliphatic carbocycles. The Balaban J connectivity index is 1.67. The molecule has 1 amide bonds. The third kappa shape index (κ3) is 4.50. The van der Waals surface area contributed by atoms with E-state index in [0.717, 1.165) is 47.2 Å². The topological polar surface area (TPSA) is 101 Å². The zero-order chi connectivity index (χ0) is 22.7. The Bertz CT molecular complexity index is 1190. The molecule has 0 radical (unpaired) electrons. The second kappa shape index (κ2) is 9.48. The van der Waals surface area contributed by atoms with Gasteiger partial charge in [0.05, 0.1) is 25.7 Å². The van der Waals surface area contributed by atoms with Gasteiger partial charge in [-0.2, -0.15) is 0 Å². The number of rotatable bonds is 7. The number of benzene rings is 2. The number of thioether (sulfide) groups is 1. The molecule has 1 aliphatic rings. The van der Waals surface area contributed by atoms with Crippen LogP contribution in [0.4, 0.5) is 5.69 Å². The molecule has 2 aromatic carbocycles. The van der Waals surface area contributed by atoms with E-state index in [1.54, 1.807) is 37.4 Å². The lowest BCUT2D eigenvalue weighted by Crippen LogP contribution is -2.24. The van der Waals surface area contributed by atoms with Crippen molar-refractivity contribution in [1.82, 2.24) is 4.98 Å². The predicted molar refractivity (Wildman–Crippen MR) is 122 cm³/mol. The lowest BCUT2D eigenvalue weighted by atomic mass is 9.94. The average molecular weight is 452 g/mol. The van der Waals surface area contributed by atoms with E-state index < -0.39 is 5.97 Å². The van der Waals surface area contributed by atoms with Gasteiger partial charge in [-0.15, -0.1) is 11.8 Å². The predicted octanol–water partition coefficient (Wildman–Crippen LogP) is 3.23. The third-order valence-corrected chi connectivity index (χ3v) is 6.58. The Morgan fingerprint density at radius 3 is 2.59 bits per heavy atom. The molecule has 0 unspecified atom stereocenters. The summed E-state index contributed by atoms with van der Waals surface area (Å²) in [4.78, 5) is 29.7. The van der Waals surface area contributed by atoms with E-state index in [9.17, 15) is 14.7 Å². The average Bonchev–Trinajstić information content (AvgIpc) is 2.81. The van der Waals surface area contributed by atoms with Crippen molar-refractivity contribution in [2.24, 2.45) is 0 Å². The third-order valence-electron chi connectivity index (χ3n) is 5.45. The first kappa shape index (κ1) is 22.0. The lowest BCUT2D eigenvalue weighted by molar-refractivity contribution is -0.301. The van der Waals surface area contributed by atoms with E-state index in [1.165, 1.54) is 18.9 Å². The molecule has 8 heteroatoms. The summed E-state index contributed by atoms with van der Waals surface area (Å²) in [6.07, 6.45) is 3.85. The van der Waals surface area contributed by atoms with Crippen LogP contribution >= 0.6 is 11.8 Å². The number of aliphatic carboxylic acids is 1. The summed E-state index contributed by atoms with van der Waals surface area (Å²) in [5.74, 6) is -0.399. The number of methoxy groups -OCH3 is 2. The normalized spacial score (nSPS) is 12.8. The number of aryl methyl sites for hydroxylation is 1. The molecule has 0 atom stereocenters. The maximum Gasteiger partial charge on any atom is 0.255 e. The fraction of sp³-hybridized carbons (Fsp3) is 0.292. The van der Waals surface area contributed by atoms with E-state index in [4.69, 9.17) is 14.5 Å². The van der Waals surface area contributed by atoms with E-state index in [1.807, 2.05) is 6.07 Å². The number of nitrogens with zero attached hydrogens (tertiary/aromatic N) is 1. The Morgan fingerprint density at radius 1 is 1.06 bits per heavy atom. The molecule has 0 bridgehead atoms. The highest BCUT2D eigenvalue weighted by molar-refractivity contribution is 8.00. The summed E-state index contributed by atoms with van der Waals surface area (Å²) in [7, 11) is 3.09. The van der Waals surface area contributed by atoms with Crippen LogP contribution in [0, 0.1) is 0 Å². The van der Waals surface area contributed by atoms with Crippen LogP contribution in [0.2, 0.25) is 0 Å². The van der Waals surface area contributed by atoms with Gasteiger partial charge in [0.15, 0.2) is 11.5 Å². The summed E-state index contributed by atoms with van der Waals surface area (Å²) in [5, 5.41) is 14.8. The maximum absolute atomic E-state index is 12.9. The van der Waals surface area contributed by atoms with Gasteiger partial charge in [-0.3, -0.25) is 9.78 Å². The van der Waals surface area contributed by atoms with Crippen LogP contribution in [0.1, 0.15) is 34.5 Å². The summed E-state index contributed by atoms with van der Waals surface area (Å²) in [6.45, 7) is 0. The molecule has 0 aliphatic heterocycles. The smallest absolute Gasteiger partial charge is 0.255 e. The number of pyridine rings is 1. The number of hydrogen-bond acceptors (Lipinski definition) is 7. The molecule has 7 nitrogen and oxygen atoms in total. The van der Waals surface area contributed by atoms with Gasteiger partial charge in [0.2, 0.25) is 0 Å². The first-order chi connectivity index (χ1) is 15.5. The zero-order valence-corrected chi connectivity index (χ0v) is 18.7. The van der Waals surface area contributed by atoms with Gasteiger partial charge in [0.1, 0.15) is 0 Å². The Labute approximate surface area is 190 Å². The molecule has 166 valence electrons. The number of ether oxygens (including phenoxy) is 2. The largest absolute Gasteiger partial charge is 0.549 e. The molecule has 0 saturated heterocycles. The summed E-state index contributed by atoms with van der Waals surface area (Å²) < 4.78 is 10.5. The molecule has 1 heterocycles. The van der Waals surface area contributed by atoms with Crippen molar-refractivity contribution in [3.63, 3.8) is 0 Å². The number of carbonyl (C=O) groups is 2. The SMILES string of the molecule is COc1ccc(NC(=O)c2ccc3c(SCC(=O)[O-])c4c(nc3c2)CCCC4)cc1OC. The Morgan fingerprint density at radius 2 is 1.84 bits per heavy atom. The quantitative estimate of drug-likeness (QED) is 0.551. The highest BCUT2D eigenvalue weighted by Crippen LogP contribution is 2.36. The number of amides is 1. The van der Waals surface area contributed by atoms with Crippen LogP contribution in [-0.2, 0) is 17.6 Å². The van der Waals surface area contributed by atoms with E-state index in [2.05, 4.69) is 5.32 Å². The van der Waals surface area contributed by atoms with E-state index in [-0.39, 0.29) is 11.7 Å². The number of carboxylic acids is 1. The van der Waals surface area contributed by atoms with Crippen LogP contribution in [0.25, 0.3) is 10.9 Å². The van der Waals surface area contributed by atoms with Gasteiger partial charge >= 0.3 is 0 Å². The molecule has 1 N–H and O–H groups in total. The summed E-state index contributed by atoms with van der Waals surface area (Å²) in [6, 6.07) is 10.5. The highest BCUT2D eigenvalue weighted by Gasteiger charge is 2.20. The van der Waals surface area contributed by atoms with Crippen LogP contribution < -0.4 is 19.9 Å². The Hall–Kier alpha value is -3.26. The first-order valence-electron chi connectivity index (χ1n) is 10.3. The fourth-order valence-corrected chi connectivity index (χ4v) is 4.92. The number of hydrogen-bond donors (Lipinski definition) is 1. The first-order valence-corrected chi connectivity index (χ1v) is 11.3. The van der Waals surface area contributed by atoms with Crippen LogP contribution in [0.15, 0.2) is 41.3 Å². The molecule has 0 fully saturated rings. The molecule has 0 saturated carbocycles. The van der Waals surface area contributed by atoms with E-state index >= 15 is 0 Å².